The van der Waals surface area contributed by atoms with Gasteiger partial charge in [0.25, 0.3) is 0 Å². The Bertz CT molecular complexity index is 1430. The number of benzene rings is 2. The molecular weight excluding hydrogens is 566 g/mol. The van der Waals surface area contributed by atoms with Gasteiger partial charge in [-0.25, -0.2) is 4.68 Å². The molecule has 4 bridgehead atoms. The Morgan fingerprint density at radius 1 is 1.07 bits per heavy atom. The van der Waals surface area contributed by atoms with Crippen LogP contribution >= 0.6 is 0 Å². The number of aliphatic hydroxyl groups is 1. The second-order valence-corrected chi connectivity index (χ2v) is 11.1. The number of rotatable bonds is 6. The minimum absolute atomic E-state index is 0.0698. The van der Waals surface area contributed by atoms with Crippen molar-refractivity contribution < 1.29 is 29.0 Å². The fourth-order valence-corrected chi connectivity index (χ4v) is 5.46. The van der Waals surface area contributed by atoms with E-state index >= 15 is 0 Å². The molecule has 2 N–H and O–H groups in total. The molecule has 3 aliphatic rings. The molecule has 0 aliphatic carbocycles. The summed E-state index contributed by atoms with van der Waals surface area (Å²) >= 11 is 0. The largest absolute Gasteiger partial charge is 0.457 e. The second kappa shape index (κ2) is 14.9. The van der Waals surface area contributed by atoms with Crippen molar-refractivity contribution in [3.63, 3.8) is 0 Å². The number of carbonyl (C=O) groups is 3. The molecule has 0 unspecified atom stereocenters. The van der Waals surface area contributed by atoms with E-state index in [4.69, 9.17) is 9.47 Å². The molecule has 1 saturated heterocycles. The molecule has 13 nitrogen and oxygen atoms in total. The van der Waals surface area contributed by atoms with Crippen molar-refractivity contribution in [2.45, 2.75) is 64.3 Å². The summed E-state index contributed by atoms with van der Waals surface area (Å²) in [4.78, 5) is 42.9. The van der Waals surface area contributed by atoms with Crippen LogP contribution in [0.3, 0.4) is 0 Å². The van der Waals surface area contributed by atoms with Gasteiger partial charge in [-0.05, 0) is 72.0 Å². The highest BCUT2D eigenvalue weighted by Gasteiger charge is 2.34. The number of hydrogen-bond acceptors (Lipinski definition) is 9. The van der Waals surface area contributed by atoms with Crippen molar-refractivity contribution in [1.29, 1.82) is 0 Å². The van der Waals surface area contributed by atoms with Gasteiger partial charge in [0.2, 0.25) is 17.7 Å². The summed E-state index contributed by atoms with van der Waals surface area (Å²) in [7, 11) is 0. The third kappa shape index (κ3) is 8.38. The van der Waals surface area contributed by atoms with Crippen LogP contribution in [0, 0.1) is 6.92 Å². The Kier molecular flexibility index (Phi) is 10.5. The van der Waals surface area contributed by atoms with Gasteiger partial charge in [-0.15, -0.1) is 5.10 Å². The lowest BCUT2D eigenvalue weighted by Gasteiger charge is -2.39. The van der Waals surface area contributed by atoms with Gasteiger partial charge < -0.3 is 29.7 Å². The zero-order chi connectivity index (χ0) is 30.9. The number of nitrogens with one attached hydrogen (secondary N) is 1. The topological polar surface area (TPSA) is 152 Å². The second-order valence-electron chi connectivity index (χ2n) is 11.1. The lowest BCUT2D eigenvalue weighted by molar-refractivity contribution is -0.139. The lowest BCUT2D eigenvalue weighted by atomic mass is 10.0. The number of aliphatic hydroxyl groups excluding tert-OH is 1. The molecule has 2 aromatic carbocycles. The Morgan fingerprint density at radius 3 is 2.68 bits per heavy atom. The maximum Gasteiger partial charge on any atom is 0.239 e. The predicted octanol–water partition coefficient (Wildman–Crippen LogP) is 1.62. The first-order valence-electron chi connectivity index (χ1n) is 15.0. The average molecular weight is 606 g/mol. The Balaban J connectivity index is 1.33. The van der Waals surface area contributed by atoms with E-state index in [1.54, 1.807) is 16.5 Å². The standard InChI is InChI=1S/C31H39N7O6/c1-22-33-34-35-38(22)16-13-31(42)37-15-12-28-27(19-37)32-29(40)20-36(14-3-17-39)30(41)11-8-23-6-9-25(10-7-23)44-26-5-2-4-24(18-26)21-43-28/h2,4-7,9-10,18,27-28,39H,3,8,11-17,19-21H2,1H3,(H,32,40)/t27-,28-/m0/s1. The highest BCUT2D eigenvalue weighted by atomic mass is 16.5. The molecule has 3 aromatic rings. The van der Waals surface area contributed by atoms with Crippen LogP contribution in [-0.4, -0.2) is 97.8 Å². The van der Waals surface area contributed by atoms with Gasteiger partial charge in [-0.1, -0.05) is 24.3 Å². The molecular formula is C31H39N7O6. The number of fused-ring (bicyclic) bond motifs is 9. The average Bonchev–Trinajstić information content (AvgIpc) is 3.44. The van der Waals surface area contributed by atoms with Crippen LogP contribution in [0.2, 0.25) is 0 Å². The molecule has 13 heteroatoms. The van der Waals surface area contributed by atoms with Crippen LogP contribution in [0.25, 0.3) is 0 Å². The molecule has 0 radical (unpaired) electrons. The van der Waals surface area contributed by atoms with Gasteiger partial charge in [-0.3, -0.25) is 14.4 Å². The van der Waals surface area contributed by atoms with Crippen molar-refractivity contribution in [3.8, 4) is 11.5 Å². The van der Waals surface area contributed by atoms with E-state index in [0.29, 0.717) is 56.3 Å². The maximum absolute atomic E-state index is 13.4. The van der Waals surface area contributed by atoms with E-state index in [9.17, 15) is 19.5 Å². The van der Waals surface area contributed by atoms with Crippen LogP contribution < -0.4 is 10.1 Å². The Labute approximate surface area is 256 Å². The monoisotopic (exact) mass is 605 g/mol. The van der Waals surface area contributed by atoms with Gasteiger partial charge in [-0.2, -0.15) is 0 Å². The van der Waals surface area contributed by atoms with Crippen LogP contribution in [-0.2, 0) is 38.7 Å². The van der Waals surface area contributed by atoms with Crippen LogP contribution in [0.5, 0.6) is 11.5 Å². The SMILES string of the molecule is Cc1nnnn1CCC(=O)N1CC[C@@H]2OCc3cccc(c3)Oc3ccc(cc3)CCC(=O)N(CCCO)CC(=O)N[C@H]2C1. The van der Waals surface area contributed by atoms with Gasteiger partial charge in [0.1, 0.15) is 17.3 Å². The van der Waals surface area contributed by atoms with Crippen molar-refractivity contribution in [1.82, 2.24) is 35.3 Å². The first-order chi connectivity index (χ1) is 21.4. The van der Waals surface area contributed by atoms with Crippen molar-refractivity contribution >= 4 is 17.7 Å². The molecule has 3 amide bonds. The molecule has 234 valence electrons. The minimum Gasteiger partial charge on any atom is -0.457 e. The highest BCUT2D eigenvalue weighted by molar-refractivity contribution is 5.85. The molecule has 44 heavy (non-hydrogen) atoms. The first kappa shape index (κ1) is 31.1. The van der Waals surface area contributed by atoms with E-state index in [2.05, 4.69) is 20.8 Å². The number of aryl methyl sites for hydroxylation is 3. The van der Waals surface area contributed by atoms with E-state index in [0.717, 1.165) is 11.1 Å². The smallest absolute Gasteiger partial charge is 0.239 e. The Hall–Kier alpha value is -4.36. The number of amides is 3. The molecule has 0 spiro atoms. The summed E-state index contributed by atoms with van der Waals surface area (Å²) in [6.07, 6.45) is 1.48. The molecule has 1 fully saturated rings. The predicted molar refractivity (Wildman–Crippen MR) is 158 cm³/mol. The number of tetrazole rings is 1. The number of nitrogens with zero attached hydrogens (tertiary/aromatic N) is 6. The number of aromatic nitrogens is 4. The summed E-state index contributed by atoms with van der Waals surface area (Å²) in [5, 5.41) is 23.9. The fraction of sp³-hybridized carbons (Fsp3) is 0.484. The number of likely N-dealkylation sites (tertiary alicyclic amines) is 1. The number of hydrogen-bond donors (Lipinski definition) is 2. The van der Waals surface area contributed by atoms with E-state index < -0.39 is 6.04 Å². The number of piperidine rings is 1. The summed E-state index contributed by atoms with van der Waals surface area (Å²) in [5.41, 5.74) is 1.89. The zero-order valence-electron chi connectivity index (χ0n) is 24.9. The van der Waals surface area contributed by atoms with Gasteiger partial charge in [0.05, 0.1) is 31.8 Å². The summed E-state index contributed by atoms with van der Waals surface area (Å²) in [6, 6.07) is 14.8. The molecule has 0 saturated carbocycles. The van der Waals surface area contributed by atoms with Crippen LogP contribution in [0.4, 0.5) is 0 Å². The number of ether oxygens (including phenoxy) is 2. The Morgan fingerprint density at radius 2 is 1.91 bits per heavy atom. The summed E-state index contributed by atoms with van der Waals surface area (Å²) in [6.45, 7) is 3.19. The molecule has 1 aromatic heterocycles. The van der Waals surface area contributed by atoms with Crippen molar-refractivity contribution in [2.24, 2.45) is 0 Å². The zero-order valence-corrected chi connectivity index (χ0v) is 24.9. The van der Waals surface area contributed by atoms with E-state index in [-0.39, 0.29) is 62.9 Å². The molecule has 6 rings (SSSR count). The summed E-state index contributed by atoms with van der Waals surface area (Å²) in [5.74, 6) is 1.40. The fourth-order valence-electron chi connectivity index (χ4n) is 5.46. The molecule has 2 atom stereocenters. The van der Waals surface area contributed by atoms with Crippen molar-refractivity contribution in [3.05, 3.63) is 65.5 Å². The normalized spacial score (nSPS) is 19.8. The minimum atomic E-state index is -0.485. The van der Waals surface area contributed by atoms with Gasteiger partial charge in [0, 0.05) is 39.1 Å². The maximum atomic E-state index is 13.4. The summed E-state index contributed by atoms with van der Waals surface area (Å²) < 4.78 is 14.0. The van der Waals surface area contributed by atoms with E-state index in [1.165, 1.54) is 4.90 Å². The molecule has 3 aliphatic heterocycles. The number of carbonyl (C=O) groups excluding carboxylic acids is 3. The molecule has 4 heterocycles. The van der Waals surface area contributed by atoms with Crippen molar-refractivity contribution in [2.75, 3.05) is 32.8 Å². The third-order valence-electron chi connectivity index (χ3n) is 7.92. The van der Waals surface area contributed by atoms with Gasteiger partial charge >= 0.3 is 0 Å². The van der Waals surface area contributed by atoms with E-state index in [1.807, 2.05) is 48.5 Å². The highest BCUT2D eigenvalue weighted by Crippen LogP contribution is 2.25. The van der Waals surface area contributed by atoms with Crippen LogP contribution in [0.1, 0.15) is 42.6 Å². The third-order valence-corrected chi connectivity index (χ3v) is 7.92. The van der Waals surface area contributed by atoms with Gasteiger partial charge in [0.15, 0.2) is 0 Å². The first-order valence-corrected chi connectivity index (χ1v) is 15.0. The lowest BCUT2D eigenvalue weighted by Crippen LogP contribution is -2.58. The van der Waals surface area contributed by atoms with Crippen LogP contribution in [0.15, 0.2) is 48.5 Å². The quantitative estimate of drug-likeness (QED) is 0.427.